The molecule has 4 aromatic rings. The molecule has 0 aliphatic heterocycles. The van der Waals surface area contributed by atoms with E-state index in [0.29, 0.717) is 5.62 Å². The van der Waals surface area contributed by atoms with Crippen LogP contribution in [0.4, 0.5) is 0 Å². The van der Waals surface area contributed by atoms with Crippen LogP contribution in [0.1, 0.15) is 28.2 Å². The Labute approximate surface area is 181 Å². The first-order valence-electron chi connectivity index (χ1n) is 10.1. The van der Waals surface area contributed by atoms with Crippen molar-refractivity contribution in [1.29, 1.82) is 5.26 Å². The smallest absolute Gasteiger partial charge is 0.246 e. The fourth-order valence-corrected chi connectivity index (χ4v) is 3.82. The lowest BCUT2D eigenvalue weighted by Crippen LogP contribution is -2.22. The van der Waals surface area contributed by atoms with Gasteiger partial charge < -0.3 is 0 Å². The maximum atomic E-state index is 9.97. The summed E-state index contributed by atoms with van der Waals surface area (Å²) < 4.78 is 1.63. The predicted molar refractivity (Wildman–Crippen MR) is 125 cm³/mol. The number of fused-ring (bicyclic) bond motifs is 1. The van der Waals surface area contributed by atoms with Gasteiger partial charge in [-0.25, -0.2) is 4.98 Å². The highest BCUT2D eigenvalue weighted by atomic mass is 15.4. The first-order valence-corrected chi connectivity index (χ1v) is 10.1. The van der Waals surface area contributed by atoms with Crippen LogP contribution in [0.15, 0.2) is 76.8 Å². The lowest BCUT2D eigenvalue weighted by Gasteiger charge is -2.15. The average molecular weight is 406 g/mol. The number of nitrogens with zero attached hydrogens (tertiary/aromatic N) is 5. The SMILES string of the molecule is C=Nn1c(=NC)nc(-c2cccc(C)c2)c2cc(C(C#N)c3ccc(C)cc3)ccc21. The molecule has 1 heterocycles. The van der Waals surface area contributed by atoms with E-state index < -0.39 is 0 Å². The van der Waals surface area contributed by atoms with Gasteiger partial charge >= 0.3 is 0 Å². The van der Waals surface area contributed by atoms with Crippen LogP contribution < -0.4 is 5.62 Å². The number of benzene rings is 3. The molecule has 152 valence electrons. The summed E-state index contributed by atoms with van der Waals surface area (Å²) in [6.07, 6.45) is 0. The minimum absolute atomic E-state index is 0.379. The maximum absolute atomic E-state index is 9.97. The second kappa shape index (κ2) is 8.37. The molecule has 1 unspecified atom stereocenters. The summed E-state index contributed by atoms with van der Waals surface area (Å²) in [6, 6.07) is 24.7. The normalized spacial score (nSPS) is 12.5. The Balaban J connectivity index is 2.02. The Hall–Kier alpha value is -4.04. The van der Waals surface area contributed by atoms with Gasteiger partial charge in [-0.15, -0.1) is 0 Å². The van der Waals surface area contributed by atoms with Crippen molar-refractivity contribution < 1.29 is 0 Å². The molecule has 0 aliphatic rings. The zero-order valence-electron chi connectivity index (χ0n) is 17.9. The molecule has 0 bridgehead atoms. The Kier molecular flexibility index (Phi) is 5.46. The van der Waals surface area contributed by atoms with Crippen LogP contribution in [-0.4, -0.2) is 23.4 Å². The minimum atomic E-state index is -0.379. The van der Waals surface area contributed by atoms with Crippen molar-refractivity contribution in [2.24, 2.45) is 10.1 Å². The van der Waals surface area contributed by atoms with Crippen molar-refractivity contribution in [2.45, 2.75) is 19.8 Å². The van der Waals surface area contributed by atoms with E-state index in [0.717, 1.165) is 38.9 Å². The van der Waals surface area contributed by atoms with Gasteiger partial charge in [0.25, 0.3) is 0 Å². The molecule has 0 amide bonds. The molecule has 0 spiro atoms. The van der Waals surface area contributed by atoms with E-state index in [1.54, 1.807) is 11.7 Å². The topological polar surface area (TPSA) is 66.3 Å². The van der Waals surface area contributed by atoms with Crippen molar-refractivity contribution in [3.63, 3.8) is 0 Å². The van der Waals surface area contributed by atoms with Crippen LogP contribution in [0.3, 0.4) is 0 Å². The number of nitriles is 1. The highest BCUT2D eigenvalue weighted by molar-refractivity contribution is 5.93. The highest BCUT2D eigenvalue weighted by Crippen LogP contribution is 2.31. The number of aryl methyl sites for hydroxylation is 2. The van der Waals surface area contributed by atoms with Crippen LogP contribution in [0.2, 0.25) is 0 Å². The number of aromatic nitrogens is 2. The summed E-state index contributed by atoms with van der Waals surface area (Å²) in [5.41, 5.74) is 7.30. The summed E-state index contributed by atoms with van der Waals surface area (Å²) >= 11 is 0. The van der Waals surface area contributed by atoms with E-state index in [9.17, 15) is 5.26 Å². The zero-order valence-corrected chi connectivity index (χ0v) is 17.9. The summed E-state index contributed by atoms with van der Waals surface area (Å²) in [5, 5.41) is 15.0. The standard InChI is InChI=1S/C26H23N5/c1-17-8-10-19(11-9-17)23(16-27)20-12-13-24-22(15-20)25(21-7-5-6-18(2)14-21)30-26(28-3)31(24)29-4/h5-15,23H,4H2,1-3H3. The summed E-state index contributed by atoms with van der Waals surface area (Å²) in [5.74, 6) is -0.379. The number of rotatable bonds is 4. The fourth-order valence-electron chi connectivity index (χ4n) is 3.82. The lowest BCUT2D eigenvalue weighted by atomic mass is 9.90. The zero-order chi connectivity index (χ0) is 22.0. The quantitative estimate of drug-likeness (QED) is 0.450. The van der Waals surface area contributed by atoms with Gasteiger partial charge in [0.2, 0.25) is 5.62 Å². The van der Waals surface area contributed by atoms with Gasteiger partial charge in [-0.3, -0.25) is 4.99 Å². The summed E-state index contributed by atoms with van der Waals surface area (Å²) in [4.78, 5) is 9.09. The molecule has 31 heavy (non-hydrogen) atoms. The molecule has 4 rings (SSSR count). The molecule has 5 nitrogen and oxygen atoms in total. The minimum Gasteiger partial charge on any atom is -0.253 e. The average Bonchev–Trinajstić information content (AvgIpc) is 2.79. The molecular weight excluding hydrogens is 382 g/mol. The van der Waals surface area contributed by atoms with Gasteiger partial charge in [0.05, 0.1) is 23.2 Å². The van der Waals surface area contributed by atoms with Crippen molar-refractivity contribution in [3.05, 3.63) is 94.6 Å². The molecule has 0 aliphatic carbocycles. The third kappa shape index (κ3) is 3.76. The Morgan fingerprint density at radius 2 is 1.71 bits per heavy atom. The van der Waals surface area contributed by atoms with E-state index in [-0.39, 0.29) is 5.92 Å². The van der Waals surface area contributed by atoms with E-state index in [1.165, 1.54) is 5.56 Å². The molecular formula is C26H23N5. The van der Waals surface area contributed by atoms with Gasteiger partial charge in [0.15, 0.2) is 0 Å². The third-order valence-electron chi connectivity index (χ3n) is 5.41. The maximum Gasteiger partial charge on any atom is 0.246 e. The van der Waals surface area contributed by atoms with Gasteiger partial charge in [-0.1, -0.05) is 59.7 Å². The van der Waals surface area contributed by atoms with Gasteiger partial charge in [0.1, 0.15) is 0 Å². The first kappa shape index (κ1) is 20.2. The lowest BCUT2D eigenvalue weighted by molar-refractivity contribution is 0.796. The molecule has 1 atom stereocenters. The first-order chi connectivity index (χ1) is 15.0. The summed E-state index contributed by atoms with van der Waals surface area (Å²) in [6.45, 7) is 7.79. The van der Waals surface area contributed by atoms with E-state index >= 15 is 0 Å². The second-order valence-corrected chi connectivity index (χ2v) is 7.56. The van der Waals surface area contributed by atoms with Crippen LogP contribution >= 0.6 is 0 Å². The Morgan fingerprint density at radius 1 is 0.968 bits per heavy atom. The predicted octanol–water partition coefficient (Wildman–Crippen LogP) is 4.97. The molecule has 0 fully saturated rings. The summed E-state index contributed by atoms with van der Waals surface area (Å²) in [7, 11) is 1.69. The number of hydrogen-bond acceptors (Lipinski definition) is 4. The van der Waals surface area contributed by atoms with Crippen molar-refractivity contribution in [2.75, 3.05) is 7.05 Å². The van der Waals surface area contributed by atoms with E-state index in [1.807, 2.05) is 61.5 Å². The largest absolute Gasteiger partial charge is 0.253 e. The van der Waals surface area contributed by atoms with E-state index in [4.69, 9.17) is 4.98 Å². The van der Waals surface area contributed by atoms with Crippen molar-refractivity contribution in [3.8, 4) is 17.3 Å². The molecule has 0 saturated heterocycles. The monoisotopic (exact) mass is 405 g/mol. The van der Waals surface area contributed by atoms with Crippen LogP contribution in [0, 0.1) is 25.2 Å². The van der Waals surface area contributed by atoms with Crippen molar-refractivity contribution in [1.82, 2.24) is 9.66 Å². The highest BCUT2D eigenvalue weighted by Gasteiger charge is 2.17. The number of hydrogen-bond donors (Lipinski definition) is 0. The van der Waals surface area contributed by atoms with Crippen molar-refractivity contribution >= 4 is 17.6 Å². The Bertz CT molecular complexity index is 1390. The van der Waals surface area contributed by atoms with Gasteiger partial charge in [-0.05, 0) is 43.2 Å². The van der Waals surface area contributed by atoms with Gasteiger partial charge in [-0.2, -0.15) is 15.0 Å². The van der Waals surface area contributed by atoms with Crippen LogP contribution in [0.5, 0.6) is 0 Å². The van der Waals surface area contributed by atoms with Crippen LogP contribution in [-0.2, 0) is 0 Å². The third-order valence-corrected chi connectivity index (χ3v) is 5.41. The second-order valence-electron chi connectivity index (χ2n) is 7.56. The fraction of sp³-hybridized carbons (Fsp3) is 0.154. The molecule has 0 radical (unpaired) electrons. The van der Waals surface area contributed by atoms with E-state index in [2.05, 4.69) is 41.9 Å². The van der Waals surface area contributed by atoms with Gasteiger partial charge in [0, 0.05) is 24.7 Å². The molecule has 0 saturated carbocycles. The van der Waals surface area contributed by atoms with Crippen LogP contribution in [0.25, 0.3) is 22.2 Å². The molecule has 3 aromatic carbocycles. The molecule has 0 N–H and O–H groups in total. The Morgan fingerprint density at radius 3 is 2.35 bits per heavy atom. The molecule has 1 aromatic heterocycles. The molecule has 5 heteroatoms.